The molecule has 0 amide bonds. The molecule has 2 aromatic heterocycles. The summed E-state index contributed by atoms with van der Waals surface area (Å²) < 4.78 is 71.9. The number of nitriles is 1. The summed E-state index contributed by atoms with van der Waals surface area (Å²) in [6.45, 7) is 4.47. The summed E-state index contributed by atoms with van der Waals surface area (Å²) in [5, 5.41) is 17.7. The highest BCUT2D eigenvalue weighted by Crippen LogP contribution is 2.41. The van der Waals surface area contributed by atoms with E-state index in [1.807, 2.05) is 13.8 Å². The molecule has 0 radical (unpaired) electrons. The van der Waals surface area contributed by atoms with Crippen molar-refractivity contribution < 1.29 is 22.0 Å². The summed E-state index contributed by atoms with van der Waals surface area (Å²) in [5.74, 6) is -0.690. The van der Waals surface area contributed by atoms with Crippen molar-refractivity contribution in [1.29, 1.82) is 5.26 Å². The third-order valence-corrected chi connectivity index (χ3v) is 7.63. The second kappa shape index (κ2) is 10.4. The zero-order chi connectivity index (χ0) is 27.9. The van der Waals surface area contributed by atoms with Crippen LogP contribution in [0.1, 0.15) is 18.7 Å². The second-order valence-corrected chi connectivity index (χ2v) is 9.93. The highest BCUT2D eigenvalue weighted by atomic mass is 32.1. The van der Waals surface area contributed by atoms with Crippen LogP contribution in [-0.4, -0.2) is 53.2 Å². The van der Waals surface area contributed by atoms with Crippen molar-refractivity contribution in [1.82, 2.24) is 20.1 Å². The third kappa shape index (κ3) is 4.90. The standard InChI is InChI=1S/C26H24F5N7S/c1-3-36(25-34-22(20(13-32)39-25)15-5-7-16(27)8-6-15)24-18-11-17(12-19(28)23(18)35-38(24)4-2)37-10-9-33-14-21(37)26(29,30)31/h5-8,11-12,21,33H,3-4,9-10,14H2,1-2H3. The van der Waals surface area contributed by atoms with Gasteiger partial charge in [-0.3, -0.25) is 0 Å². The summed E-state index contributed by atoms with van der Waals surface area (Å²) in [6, 6.07) is 8.59. The van der Waals surface area contributed by atoms with E-state index in [9.17, 15) is 22.8 Å². The number of benzene rings is 2. The van der Waals surface area contributed by atoms with Gasteiger partial charge in [0.05, 0.1) is 0 Å². The molecule has 3 heterocycles. The molecular formula is C26H24F5N7S. The summed E-state index contributed by atoms with van der Waals surface area (Å²) >= 11 is 1.12. The minimum Gasteiger partial charge on any atom is -0.357 e. The molecule has 1 aliphatic heterocycles. The van der Waals surface area contributed by atoms with Crippen molar-refractivity contribution in [2.45, 2.75) is 32.6 Å². The molecule has 2 aromatic carbocycles. The van der Waals surface area contributed by atoms with Gasteiger partial charge in [-0.1, -0.05) is 11.3 Å². The molecule has 0 bridgehead atoms. The van der Waals surface area contributed by atoms with Gasteiger partial charge in [-0.15, -0.1) is 0 Å². The van der Waals surface area contributed by atoms with Crippen LogP contribution in [0.25, 0.3) is 22.2 Å². The van der Waals surface area contributed by atoms with Crippen LogP contribution in [0.5, 0.6) is 0 Å². The van der Waals surface area contributed by atoms with Crippen LogP contribution >= 0.6 is 11.3 Å². The van der Waals surface area contributed by atoms with Gasteiger partial charge in [-0.05, 0) is 50.2 Å². The van der Waals surface area contributed by atoms with Gasteiger partial charge in [0, 0.05) is 49.4 Å². The van der Waals surface area contributed by atoms with Crippen LogP contribution < -0.4 is 15.1 Å². The highest BCUT2D eigenvalue weighted by Gasteiger charge is 2.45. The van der Waals surface area contributed by atoms with Crippen molar-refractivity contribution in [3.63, 3.8) is 0 Å². The van der Waals surface area contributed by atoms with Crippen molar-refractivity contribution >= 4 is 38.9 Å². The third-order valence-electron chi connectivity index (χ3n) is 6.64. The summed E-state index contributed by atoms with van der Waals surface area (Å²) in [6.07, 6.45) is -4.50. The number of thiazole rings is 1. The van der Waals surface area contributed by atoms with Crippen LogP contribution in [0.2, 0.25) is 0 Å². The van der Waals surface area contributed by atoms with Gasteiger partial charge in [0.1, 0.15) is 39.8 Å². The average Bonchev–Trinajstić information content (AvgIpc) is 3.51. The van der Waals surface area contributed by atoms with Crippen LogP contribution in [0, 0.1) is 23.0 Å². The number of halogens is 5. The lowest BCUT2D eigenvalue weighted by atomic mass is 10.1. The Morgan fingerprint density at radius 1 is 1.18 bits per heavy atom. The monoisotopic (exact) mass is 561 g/mol. The average molecular weight is 562 g/mol. The molecule has 7 nitrogen and oxygen atoms in total. The minimum atomic E-state index is -4.50. The first kappa shape index (κ1) is 26.8. The lowest BCUT2D eigenvalue weighted by molar-refractivity contribution is -0.149. The maximum absolute atomic E-state index is 15.4. The fourth-order valence-corrected chi connectivity index (χ4v) is 5.77. The highest BCUT2D eigenvalue weighted by molar-refractivity contribution is 7.16. The molecule has 1 N–H and O–H groups in total. The number of rotatable bonds is 6. The number of hydrogen-bond acceptors (Lipinski definition) is 7. The van der Waals surface area contributed by atoms with E-state index in [-0.39, 0.29) is 24.3 Å². The number of aryl methyl sites for hydroxylation is 1. The number of fused-ring (bicyclic) bond motifs is 1. The number of aromatic nitrogens is 3. The predicted octanol–water partition coefficient (Wildman–Crippen LogP) is 5.83. The van der Waals surface area contributed by atoms with Gasteiger partial charge >= 0.3 is 6.18 Å². The van der Waals surface area contributed by atoms with E-state index in [4.69, 9.17) is 0 Å². The van der Waals surface area contributed by atoms with Gasteiger partial charge in [0.2, 0.25) is 0 Å². The summed E-state index contributed by atoms with van der Waals surface area (Å²) in [7, 11) is 0. The Morgan fingerprint density at radius 3 is 2.56 bits per heavy atom. The normalized spacial score (nSPS) is 16.1. The number of alkyl halides is 3. The minimum absolute atomic E-state index is 0.0311. The quantitative estimate of drug-likeness (QED) is 0.299. The molecule has 1 fully saturated rings. The van der Waals surface area contributed by atoms with Crippen molar-refractivity contribution in [2.75, 3.05) is 36.0 Å². The zero-order valence-corrected chi connectivity index (χ0v) is 21.9. The Hall–Kier alpha value is -3.76. The Kier molecular flexibility index (Phi) is 7.17. The first-order chi connectivity index (χ1) is 18.7. The topological polar surface area (TPSA) is 73.0 Å². The van der Waals surface area contributed by atoms with E-state index < -0.39 is 23.9 Å². The SMILES string of the molecule is CCN(c1nc(-c2ccc(F)cc2)c(C#N)s1)c1c2cc(N3CCNCC3C(F)(F)F)cc(F)c2nn1CC. The number of nitrogens with zero attached hydrogens (tertiary/aromatic N) is 6. The molecule has 0 spiro atoms. The molecule has 5 rings (SSSR count). The second-order valence-electron chi connectivity index (χ2n) is 8.96. The van der Waals surface area contributed by atoms with Crippen LogP contribution in [-0.2, 0) is 6.54 Å². The maximum atomic E-state index is 15.4. The Morgan fingerprint density at radius 2 is 1.92 bits per heavy atom. The molecule has 1 unspecified atom stereocenters. The molecular weight excluding hydrogens is 537 g/mol. The van der Waals surface area contributed by atoms with E-state index in [0.29, 0.717) is 52.1 Å². The van der Waals surface area contributed by atoms with Gasteiger partial charge in [-0.25, -0.2) is 18.4 Å². The molecule has 0 saturated carbocycles. The van der Waals surface area contributed by atoms with Gasteiger partial charge in [0.25, 0.3) is 0 Å². The smallest absolute Gasteiger partial charge is 0.357 e. The lowest BCUT2D eigenvalue weighted by Crippen LogP contribution is -2.58. The van der Waals surface area contributed by atoms with Gasteiger partial charge in [-0.2, -0.15) is 23.5 Å². The van der Waals surface area contributed by atoms with E-state index in [2.05, 4.69) is 21.5 Å². The Balaban J connectivity index is 1.65. The molecule has 13 heteroatoms. The fourth-order valence-electron chi connectivity index (χ4n) is 4.82. The van der Waals surface area contributed by atoms with Crippen LogP contribution in [0.4, 0.5) is 38.6 Å². The van der Waals surface area contributed by atoms with E-state index >= 15 is 4.39 Å². The first-order valence-corrected chi connectivity index (χ1v) is 13.2. The Bertz CT molecular complexity index is 1540. The van der Waals surface area contributed by atoms with E-state index in [1.54, 1.807) is 15.6 Å². The van der Waals surface area contributed by atoms with Gasteiger partial charge < -0.3 is 15.1 Å². The van der Waals surface area contributed by atoms with E-state index in [1.165, 1.54) is 29.2 Å². The molecule has 204 valence electrons. The Labute approximate surface area is 225 Å². The van der Waals surface area contributed by atoms with Crippen LogP contribution in [0.3, 0.4) is 0 Å². The number of anilines is 3. The van der Waals surface area contributed by atoms with Crippen LogP contribution in [0.15, 0.2) is 36.4 Å². The van der Waals surface area contributed by atoms with Crippen molar-refractivity contribution in [3.05, 3.63) is 52.9 Å². The zero-order valence-electron chi connectivity index (χ0n) is 21.1. The summed E-state index contributed by atoms with van der Waals surface area (Å²) in [4.78, 5) is 7.91. The maximum Gasteiger partial charge on any atom is 0.409 e. The largest absolute Gasteiger partial charge is 0.409 e. The van der Waals surface area contributed by atoms with Gasteiger partial charge in [0.15, 0.2) is 10.9 Å². The molecule has 1 aliphatic rings. The van der Waals surface area contributed by atoms with E-state index in [0.717, 1.165) is 17.4 Å². The number of piperazine rings is 1. The molecule has 0 aliphatic carbocycles. The lowest BCUT2D eigenvalue weighted by Gasteiger charge is -2.38. The number of hydrogen-bond donors (Lipinski definition) is 1. The molecule has 4 aromatic rings. The van der Waals surface area contributed by atoms with Crippen molar-refractivity contribution in [3.8, 4) is 17.3 Å². The molecule has 39 heavy (non-hydrogen) atoms. The fraction of sp³-hybridized carbons (Fsp3) is 0.346. The first-order valence-electron chi connectivity index (χ1n) is 12.3. The predicted molar refractivity (Wildman–Crippen MR) is 140 cm³/mol. The van der Waals surface area contributed by atoms with Crippen molar-refractivity contribution in [2.24, 2.45) is 0 Å². The molecule has 1 atom stereocenters. The molecule has 1 saturated heterocycles. The number of nitrogens with one attached hydrogen (secondary N) is 1. The summed E-state index contributed by atoms with van der Waals surface area (Å²) in [5.41, 5.74) is 1.08.